The van der Waals surface area contributed by atoms with Gasteiger partial charge in [0.2, 0.25) is 0 Å². The Morgan fingerprint density at radius 3 is 2.40 bits per heavy atom. The Kier molecular flexibility index (Phi) is 4.80. The summed E-state index contributed by atoms with van der Waals surface area (Å²) in [4.78, 5) is 25.7. The van der Waals surface area contributed by atoms with Crippen molar-refractivity contribution >= 4 is 28.7 Å². The summed E-state index contributed by atoms with van der Waals surface area (Å²) in [6.45, 7) is 1.69. The normalized spacial score (nSPS) is 11.8. The summed E-state index contributed by atoms with van der Waals surface area (Å²) in [5.74, 6) is 0.229. The molecule has 0 radical (unpaired) electrons. The van der Waals surface area contributed by atoms with Crippen molar-refractivity contribution in [2.24, 2.45) is 0 Å². The number of hydrogen-bond donors (Lipinski definition) is 0. The summed E-state index contributed by atoms with van der Waals surface area (Å²) >= 11 is 0. The number of hydrogen-bond acceptors (Lipinski definition) is 3. The molecule has 126 valence electrons. The number of anilines is 1. The number of rotatable bonds is 5. The minimum atomic E-state index is -0.718. The first-order chi connectivity index (χ1) is 12.1. The molecule has 3 aromatic carbocycles. The van der Waals surface area contributed by atoms with Crippen LogP contribution in [0.4, 0.5) is 5.69 Å². The lowest BCUT2D eigenvalue weighted by atomic mass is 10.0. The van der Waals surface area contributed by atoms with Crippen LogP contribution in [-0.2, 0) is 4.79 Å². The van der Waals surface area contributed by atoms with Crippen LogP contribution in [0.2, 0.25) is 0 Å². The zero-order chi connectivity index (χ0) is 17.8. The van der Waals surface area contributed by atoms with Gasteiger partial charge in [0.05, 0.1) is 5.56 Å². The first-order valence-corrected chi connectivity index (χ1v) is 8.08. The molecule has 0 N–H and O–H groups in total. The van der Waals surface area contributed by atoms with Gasteiger partial charge in [0.15, 0.2) is 12.4 Å². The predicted molar refractivity (Wildman–Crippen MR) is 99.3 cm³/mol. The molecule has 1 amide bonds. The van der Waals surface area contributed by atoms with Crippen LogP contribution >= 0.6 is 0 Å². The third-order valence-electron chi connectivity index (χ3n) is 4.17. The average molecular weight is 333 g/mol. The fourth-order valence-electron chi connectivity index (χ4n) is 2.79. The van der Waals surface area contributed by atoms with Crippen LogP contribution in [0.5, 0.6) is 5.75 Å². The third-order valence-corrected chi connectivity index (χ3v) is 4.17. The standard InChI is InChI=1S/C21H19NO3/c1-15(21(24)22(2)17-9-4-3-5-10-17)25-20-13-12-16-8-6-7-11-18(16)19(20)14-23/h3-15H,1-2H3/t15-/m1/s1. The number of carbonyl (C=O) groups excluding carboxylic acids is 2. The summed E-state index contributed by atoms with van der Waals surface area (Å²) in [7, 11) is 1.71. The number of likely N-dealkylation sites (N-methyl/N-ethyl adjacent to an activating group) is 1. The zero-order valence-corrected chi connectivity index (χ0v) is 14.2. The molecular weight excluding hydrogens is 314 g/mol. The van der Waals surface area contributed by atoms with Crippen LogP contribution in [0.1, 0.15) is 17.3 Å². The summed E-state index contributed by atoms with van der Waals surface area (Å²) in [6, 6.07) is 20.6. The SMILES string of the molecule is C[C@@H](Oc1ccc2ccccc2c1C=O)C(=O)N(C)c1ccccc1. The highest BCUT2D eigenvalue weighted by molar-refractivity contribution is 6.01. The van der Waals surface area contributed by atoms with Crippen molar-refractivity contribution in [1.82, 2.24) is 0 Å². The van der Waals surface area contributed by atoms with Crippen molar-refractivity contribution in [3.8, 4) is 5.75 Å². The summed E-state index contributed by atoms with van der Waals surface area (Å²) in [5, 5.41) is 1.77. The topological polar surface area (TPSA) is 46.6 Å². The second-order valence-electron chi connectivity index (χ2n) is 5.81. The van der Waals surface area contributed by atoms with E-state index in [1.165, 1.54) is 0 Å². The van der Waals surface area contributed by atoms with E-state index in [1.807, 2.05) is 60.7 Å². The van der Waals surface area contributed by atoms with Gasteiger partial charge in [0, 0.05) is 12.7 Å². The molecule has 1 atom stereocenters. The van der Waals surface area contributed by atoms with E-state index in [1.54, 1.807) is 24.9 Å². The van der Waals surface area contributed by atoms with Crippen molar-refractivity contribution < 1.29 is 14.3 Å². The van der Waals surface area contributed by atoms with E-state index < -0.39 is 6.10 Å². The van der Waals surface area contributed by atoms with E-state index in [0.29, 0.717) is 11.3 Å². The first kappa shape index (κ1) is 16.7. The number of ether oxygens (including phenoxy) is 1. The number of para-hydroxylation sites is 1. The minimum absolute atomic E-state index is 0.184. The fraction of sp³-hybridized carbons (Fsp3) is 0.143. The molecule has 0 bridgehead atoms. The molecule has 3 aromatic rings. The molecule has 0 unspecified atom stereocenters. The van der Waals surface area contributed by atoms with Gasteiger partial charge >= 0.3 is 0 Å². The molecule has 4 nitrogen and oxygen atoms in total. The molecule has 0 aliphatic heterocycles. The third kappa shape index (κ3) is 3.38. The fourth-order valence-corrected chi connectivity index (χ4v) is 2.79. The molecular formula is C21H19NO3. The lowest BCUT2D eigenvalue weighted by Gasteiger charge is -2.23. The molecule has 0 aromatic heterocycles. The Hall–Kier alpha value is -3.14. The maximum atomic E-state index is 12.6. The Balaban J connectivity index is 1.85. The zero-order valence-electron chi connectivity index (χ0n) is 14.2. The van der Waals surface area contributed by atoms with Gasteiger partial charge in [-0.3, -0.25) is 9.59 Å². The Labute approximate surface area is 146 Å². The van der Waals surface area contributed by atoms with Gasteiger partial charge in [-0.05, 0) is 35.9 Å². The van der Waals surface area contributed by atoms with Gasteiger partial charge in [-0.25, -0.2) is 0 Å². The van der Waals surface area contributed by atoms with Crippen LogP contribution in [0, 0.1) is 0 Å². The number of amides is 1. The largest absolute Gasteiger partial charge is 0.480 e. The molecule has 25 heavy (non-hydrogen) atoms. The molecule has 0 aliphatic rings. The number of aldehydes is 1. The van der Waals surface area contributed by atoms with E-state index in [0.717, 1.165) is 22.7 Å². The smallest absolute Gasteiger partial charge is 0.267 e. The van der Waals surface area contributed by atoms with Crippen molar-refractivity contribution in [1.29, 1.82) is 0 Å². The van der Waals surface area contributed by atoms with Gasteiger partial charge in [0.25, 0.3) is 5.91 Å². The van der Waals surface area contributed by atoms with Crippen LogP contribution in [0.15, 0.2) is 66.7 Å². The van der Waals surface area contributed by atoms with Gasteiger partial charge in [-0.15, -0.1) is 0 Å². The Bertz CT molecular complexity index is 905. The van der Waals surface area contributed by atoms with E-state index in [4.69, 9.17) is 4.74 Å². The van der Waals surface area contributed by atoms with E-state index >= 15 is 0 Å². The monoisotopic (exact) mass is 333 g/mol. The van der Waals surface area contributed by atoms with Gasteiger partial charge in [-0.2, -0.15) is 0 Å². The van der Waals surface area contributed by atoms with Crippen molar-refractivity contribution in [3.63, 3.8) is 0 Å². The molecule has 0 fully saturated rings. The molecule has 3 rings (SSSR count). The lowest BCUT2D eigenvalue weighted by Crippen LogP contribution is -2.38. The van der Waals surface area contributed by atoms with Gasteiger partial charge in [0.1, 0.15) is 5.75 Å². The summed E-state index contributed by atoms with van der Waals surface area (Å²) < 4.78 is 5.83. The van der Waals surface area contributed by atoms with Crippen molar-refractivity contribution in [3.05, 3.63) is 72.3 Å². The van der Waals surface area contributed by atoms with Crippen molar-refractivity contribution in [2.75, 3.05) is 11.9 Å². The highest BCUT2D eigenvalue weighted by Gasteiger charge is 2.21. The van der Waals surface area contributed by atoms with Crippen LogP contribution < -0.4 is 9.64 Å². The molecule has 0 saturated carbocycles. The minimum Gasteiger partial charge on any atom is -0.480 e. The van der Waals surface area contributed by atoms with E-state index in [-0.39, 0.29) is 5.91 Å². The molecule has 4 heteroatoms. The molecule has 0 saturated heterocycles. The van der Waals surface area contributed by atoms with Crippen LogP contribution in [0.25, 0.3) is 10.8 Å². The maximum absolute atomic E-state index is 12.6. The van der Waals surface area contributed by atoms with E-state index in [2.05, 4.69) is 0 Å². The summed E-state index contributed by atoms with van der Waals surface area (Å²) in [5.41, 5.74) is 1.25. The Morgan fingerprint density at radius 2 is 1.68 bits per heavy atom. The van der Waals surface area contributed by atoms with Gasteiger partial charge < -0.3 is 9.64 Å². The summed E-state index contributed by atoms with van der Waals surface area (Å²) in [6.07, 6.45) is 0.0561. The lowest BCUT2D eigenvalue weighted by molar-refractivity contribution is -0.124. The number of benzene rings is 3. The second-order valence-corrected chi connectivity index (χ2v) is 5.81. The Morgan fingerprint density at radius 1 is 1.00 bits per heavy atom. The van der Waals surface area contributed by atoms with Crippen molar-refractivity contribution in [2.45, 2.75) is 13.0 Å². The predicted octanol–water partition coefficient (Wildman–Crippen LogP) is 4.08. The molecule has 0 aliphatic carbocycles. The van der Waals surface area contributed by atoms with Crippen LogP contribution in [-0.4, -0.2) is 25.3 Å². The van der Waals surface area contributed by atoms with E-state index in [9.17, 15) is 9.59 Å². The van der Waals surface area contributed by atoms with Crippen LogP contribution in [0.3, 0.4) is 0 Å². The molecule has 0 heterocycles. The maximum Gasteiger partial charge on any atom is 0.267 e. The number of nitrogens with zero attached hydrogens (tertiary/aromatic N) is 1. The second kappa shape index (κ2) is 7.18. The molecule has 0 spiro atoms. The quantitative estimate of drug-likeness (QED) is 0.661. The number of carbonyl (C=O) groups is 2. The highest BCUT2D eigenvalue weighted by Crippen LogP contribution is 2.27. The van der Waals surface area contributed by atoms with Gasteiger partial charge in [-0.1, -0.05) is 48.5 Å². The average Bonchev–Trinajstić information content (AvgIpc) is 2.67. The number of fused-ring (bicyclic) bond motifs is 1. The highest BCUT2D eigenvalue weighted by atomic mass is 16.5. The first-order valence-electron chi connectivity index (χ1n) is 8.08.